The maximum absolute atomic E-state index is 13.2. The van der Waals surface area contributed by atoms with Gasteiger partial charge >= 0.3 is 6.18 Å². The first-order chi connectivity index (χ1) is 9.38. The molecular weight excluding hydrogens is 275 g/mol. The first-order valence-electron chi connectivity index (χ1n) is 5.80. The Hall–Kier alpha value is -2.01. The van der Waals surface area contributed by atoms with Crippen molar-refractivity contribution in [2.45, 2.75) is 24.6 Å². The van der Waals surface area contributed by atoms with E-state index in [1.807, 2.05) is 0 Å². The van der Waals surface area contributed by atoms with Crippen molar-refractivity contribution in [1.29, 1.82) is 0 Å². The molecule has 0 heterocycles. The number of isocyanates is 1. The Kier molecular flexibility index (Phi) is 3.48. The predicted octanol–water partition coefficient (Wildman–Crippen LogP) is 3.05. The predicted molar refractivity (Wildman–Crippen MR) is 63.6 cm³/mol. The van der Waals surface area contributed by atoms with Crippen LogP contribution in [0.15, 0.2) is 17.1 Å². The minimum atomic E-state index is -4.57. The van der Waals surface area contributed by atoms with E-state index in [9.17, 15) is 18.0 Å². The van der Waals surface area contributed by atoms with Gasteiger partial charge < -0.3 is 9.47 Å². The molecule has 1 aromatic rings. The normalized spacial score (nSPS) is 16.2. The lowest BCUT2D eigenvalue weighted by molar-refractivity contribution is -0.138. The molecule has 0 bridgehead atoms. The van der Waals surface area contributed by atoms with Gasteiger partial charge in [0.15, 0.2) is 11.5 Å². The van der Waals surface area contributed by atoms with Gasteiger partial charge in [-0.1, -0.05) is 0 Å². The van der Waals surface area contributed by atoms with Gasteiger partial charge in [0.05, 0.1) is 25.3 Å². The monoisotopic (exact) mass is 287 g/mol. The quantitative estimate of drug-likeness (QED) is 0.631. The lowest BCUT2D eigenvalue weighted by atomic mass is 9.97. The molecular formula is C13H12F3NO3. The van der Waals surface area contributed by atoms with Crippen LogP contribution in [0.25, 0.3) is 0 Å². The molecule has 0 atom stereocenters. The van der Waals surface area contributed by atoms with Gasteiger partial charge in [0.1, 0.15) is 0 Å². The van der Waals surface area contributed by atoms with Crippen molar-refractivity contribution in [2.75, 3.05) is 14.2 Å². The van der Waals surface area contributed by atoms with Gasteiger partial charge in [-0.3, -0.25) is 0 Å². The van der Waals surface area contributed by atoms with Crippen LogP contribution in [0.3, 0.4) is 0 Å². The van der Waals surface area contributed by atoms with Crippen molar-refractivity contribution in [3.8, 4) is 11.5 Å². The zero-order valence-corrected chi connectivity index (χ0v) is 10.9. The summed E-state index contributed by atoms with van der Waals surface area (Å²) in [6, 6.07) is 2.10. The lowest BCUT2D eigenvalue weighted by Crippen LogP contribution is -2.15. The van der Waals surface area contributed by atoms with Gasteiger partial charge in [-0.05, 0) is 30.5 Å². The number of ether oxygens (including phenoxy) is 2. The highest BCUT2D eigenvalue weighted by Gasteiger charge is 2.50. The summed E-state index contributed by atoms with van der Waals surface area (Å²) in [5.74, 6) is 0.150. The standard InChI is InChI=1S/C13H12F3NO3/c1-19-10-5-8(12(3-4-12)17-7-18)9(13(14,15)16)6-11(10)20-2/h5-6H,3-4H2,1-2H3. The number of halogens is 3. The van der Waals surface area contributed by atoms with Crippen molar-refractivity contribution >= 4 is 6.08 Å². The molecule has 0 unspecified atom stereocenters. The molecule has 108 valence electrons. The molecule has 0 radical (unpaired) electrons. The Balaban J connectivity index is 2.68. The van der Waals surface area contributed by atoms with Gasteiger partial charge in [-0.2, -0.15) is 18.2 Å². The van der Waals surface area contributed by atoms with E-state index in [4.69, 9.17) is 9.47 Å². The fourth-order valence-corrected chi connectivity index (χ4v) is 2.15. The van der Waals surface area contributed by atoms with E-state index in [0.717, 1.165) is 6.07 Å². The largest absolute Gasteiger partial charge is 0.493 e. The smallest absolute Gasteiger partial charge is 0.416 e. The second-order valence-electron chi connectivity index (χ2n) is 4.49. The molecule has 20 heavy (non-hydrogen) atoms. The van der Waals surface area contributed by atoms with Crippen LogP contribution in [0.2, 0.25) is 0 Å². The molecule has 0 spiro atoms. The van der Waals surface area contributed by atoms with Crippen LogP contribution in [-0.4, -0.2) is 20.3 Å². The second kappa shape index (κ2) is 4.83. The highest BCUT2D eigenvalue weighted by atomic mass is 19.4. The minimum absolute atomic E-state index is 0.0190. The highest BCUT2D eigenvalue weighted by Crippen LogP contribution is 2.54. The second-order valence-corrected chi connectivity index (χ2v) is 4.49. The maximum Gasteiger partial charge on any atom is 0.416 e. The summed E-state index contributed by atoms with van der Waals surface area (Å²) in [7, 11) is 2.59. The van der Waals surface area contributed by atoms with E-state index in [-0.39, 0.29) is 17.1 Å². The zero-order chi connectivity index (χ0) is 15.0. The Morgan fingerprint density at radius 1 is 1.20 bits per heavy atom. The average Bonchev–Trinajstić information content (AvgIpc) is 3.17. The van der Waals surface area contributed by atoms with Crippen LogP contribution in [0.1, 0.15) is 24.0 Å². The number of aliphatic imine (C=N–C) groups is 1. The van der Waals surface area contributed by atoms with Crippen LogP contribution < -0.4 is 9.47 Å². The third-order valence-electron chi connectivity index (χ3n) is 3.31. The number of carbonyl (C=O) groups excluding carboxylic acids is 1. The van der Waals surface area contributed by atoms with Crippen molar-refractivity contribution in [1.82, 2.24) is 0 Å². The van der Waals surface area contributed by atoms with E-state index < -0.39 is 17.3 Å². The summed E-state index contributed by atoms with van der Waals surface area (Å²) in [5.41, 5.74) is -2.08. The van der Waals surface area contributed by atoms with E-state index >= 15 is 0 Å². The molecule has 4 nitrogen and oxygen atoms in total. The van der Waals surface area contributed by atoms with Gasteiger partial charge in [-0.15, -0.1) is 0 Å². The molecule has 1 aliphatic rings. The van der Waals surface area contributed by atoms with Crippen LogP contribution in [-0.2, 0) is 16.5 Å². The molecule has 2 rings (SSSR count). The number of rotatable bonds is 4. The van der Waals surface area contributed by atoms with Crippen LogP contribution in [0.4, 0.5) is 13.2 Å². The summed E-state index contributed by atoms with van der Waals surface area (Å²) in [6.07, 6.45) is -2.47. The molecule has 1 aromatic carbocycles. The lowest BCUT2D eigenvalue weighted by Gasteiger charge is -2.19. The molecule has 0 aromatic heterocycles. The fraction of sp³-hybridized carbons (Fsp3) is 0.462. The zero-order valence-electron chi connectivity index (χ0n) is 10.9. The number of hydrogen-bond acceptors (Lipinski definition) is 4. The van der Waals surface area contributed by atoms with Crippen LogP contribution in [0.5, 0.6) is 11.5 Å². The Bertz CT molecular complexity index is 573. The van der Waals surface area contributed by atoms with E-state index in [2.05, 4.69) is 4.99 Å². The number of alkyl halides is 3. The third kappa shape index (κ3) is 2.36. The highest BCUT2D eigenvalue weighted by molar-refractivity contribution is 5.53. The first kappa shape index (κ1) is 14.4. The van der Waals surface area contributed by atoms with E-state index in [0.29, 0.717) is 12.8 Å². The molecule has 0 saturated heterocycles. The van der Waals surface area contributed by atoms with Crippen molar-refractivity contribution in [3.05, 3.63) is 23.3 Å². The molecule has 0 N–H and O–H groups in total. The van der Waals surface area contributed by atoms with Gasteiger partial charge in [0.25, 0.3) is 0 Å². The van der Waals surface area contributed by atoms with Crippen LogP contribution >= 0.6 is 0 Å². The molecule has 1 aliphatic carbocycles. The van der Waals surface area contributed by atoms with Crippen molar-refractivity contribution in [2.24, 2.45) is 4.99 Å². The van der Waals surface area contributed by atoms with Gasteiger partial charge in [0.2, 0.25) is 6.08 Å². The summed E-state index contributed by atoms with van der Waals surface area (Å²) >= 11 is 0. The van der Waals surface area contributed by atoms with E-state index in [1.54, 1.807) is 0 Å². The molecule has 1 fully saturated rings. The van der Waals surface area contributed by atoms with E-state index in [1.165, 1.54) is 26.4 Å². The Morgan fingerprint density at radius 2 is 1.75 bits per heavy atom. The van der Waals surface area contributed by atoms with Gasteiger partial charge in [0, 0.05) is 0 Å². The molecule has 1 saturated carbocycles. The molecule has 0 amide bonds. The van der Waals surface area contributed by atoms with Gasteiger partial charge in [-0.25, -0.2) is 4.79 Å². The van der Waals surface area contributed by atoms with Crippen LogP contribution in [0, 0.1) is 0 Å². The Morgan fingerprint density at radius 3 is 2.15 bits per heavy atom. The third-order valence-corrected chi connectivity index (χ3v) is 3.31. The molecule has 7 heteroatoms. The van der Waals surface area contributed by atoms with Crippen molar-refractivity contribution in [3.63, 3.8) is 0 Å². The fourth-order valence-electron chi connectivity index (χ4n) is 2.15. The number of benzene rings is 1. The summed E-state index contributed by atoms with van der Waals surface area (Å²) in [6.45, 7) is 0. The molecule has 0 aliphatic heterocycles. The average molecular weight is 287 g/mol. The number of nitrogens with zero attached hydrogens (tertiary/aromatic N) is 1. The summed E-state index contributed by atoms with van der Waals surface area (Å²) in [4.78, 5) is 14.0. The first-order valence-corrected chi connectivity index (χ1v) is 5.80. The number of methoxy groups -OCH3 is 2. The topological polar surface area (TPSA) is 47.9 Å². The summed E-state index contributed by atoms with van der Waals surface area (Å²) < 4.78 is 49.4. The minimum Gasteiger partial charge on any atom is -0.493 e. The summed E-state index contributed by atoms with van der Waals surface area (Å²) in [5, 5.41) is 0. The Labute approximate surface area is 113 Å². The maximum atomic E-state index is 13.2. The number of hydrogen-bond donors (Lipinski definition) is 0. The SMILES string of the molecule is COc1cc(C(F)(F)F)c(C2(N=C=O)CC2)cc1OC. The van der Waals surface area contributed by atoms with Crippen molar-refractivity contribution < 1.29 is 27.4 Å².